The average molecular weight is 412 g/mol. The lowest BCUT2D eigenvalue weighted by Crippen LogP contribution is -2.13. The molecule has 0 bridgehead atoms. The van der Waals surface area contributed by atoms with Crippen molar-refractivity contribution < 1.29 is 13.3 Å². The van der Waals surface area contributed by atoms with Gasteiger partial charge in [0.2, 0.25) is 0 Å². The van der Waals surface area contributed by atoms with Crippen LogP contribution in [-0.2, 0) is 10.0 Å². The molecule has 0 spiro atoms. The van der Waals surface area contributed by atoms with Crippen molar-refractivity contribution in [3.63, 3.8) is 0 Å². The number of anilines is 1. The number of nitro benzene ring substituents is 1. The monoisotopic (exact) mass is 412 g/mol. The van der Waals surface area contributed by atoms with Crippen LogP contribution in [0, 0.1) is 10.1 Å². The van der Waals surface area contributed by atoms with E-state index in [9.17, 15) is 18.5 Å². The molecule has 0 saturated carbocycles. The molecular weight excluding hydrogens is 400 g/mol. The van der Waals surface area contributed by atoms with Gasteiger partial charge in [-0.15, -0.1) is 0 Å². The van der Waals surface area contributed by atoms with Crippen LogP contribution in [0.15, 0.2) is 71.8 Å². The van der Waals surface area contributed by atoms with E-state index in [2.05, 4.69) is 14.7 Å². The van der Waals surface area contributed by atoms with Crippen molar-refractivity contribution in [1.29, 1.82) is 0 Å². The Morgan fingerprint density at radius 3 is 2.54 bits per heavy atom. The van der Waals surface area contributed by atoms with Gasteiger partial charge < -0.3 is 0 Å². The van der Waals surface area contributed by atoms with Gasteiger partial charge in [-0.05, 0) is 42.5 Å². The van der Waals surface area contributed by atoms with Crippen LogP contribution in [0.3, 0.4) is 0 Å². The number of aromatic nitrogens is 2. The first-order chi connectivity index (χ1) is 13.4. The van der Waals surface area contributed by atoms with Crippen molar-refractivity contribution in [2.75, 3.05) is 4.72 Å². The van der Waals surface area contributed by atoms with Crippen LogP contribution >= 0.6 is 11.3 Å². The minimum Gasteiger partial charge on any atom is -0.280 e. The van der Waals surface area contributed by atoms with Gasteiger partial charge in [0, 0.05) is 29.6 Å². The molecule has 0 aliphatic carbocycles. The minimum absolute atomic E-state index is 0.178. The Bertz CT molecular complexity index is 1250. The third-order valence-electron chi connectivity index (χ3n) is 3.89. The predicted molar refractivity (Wildman–Crippen MR) is 107 cm³/mol. The maximum atomic E-state index is 12.5. The van der Waals surface area contributed by atoms with Gasteiger partial charge in [-0.3, -0.25) is 14.8 Å². The van der Waals surface area contributed by atoms with Crippen LogP contribution in [0.1, 0.15) is 0 Å². The Kier molecular flexibility index (Phi) is 4.49. The summed E-state index contributed by atoms with van der Waals surface area (Å²) in [6, 6.07) is 15.3. The van der Waals surface area contributed by atoms with Gasteiger partial charge in [-0.25, -0.2) is 18.4 Å². The number of benzene rings is 2. The summed E-state index contributed by atoms with van der Waals surface area (Å²) in [7, 11) is -3.94. The van der Waals surface area contributed by atoms with E-state index in [4.69, 9.17) is 0 Å². The fourth-order valence-corrected chi connectivity index (χ4v) is 4.56. The number of nitro groups is 1. The largest absolute Gasteiger partial charge is 0.280 e. The lowest BCUT2D eigenvalue weighted by Gasteiger charge is -2.08. The zero-order chi connectivity index (χ0) is 19.7. The lowest BCUT2D eigenvalue weighted by atomic mass is 10.2. The quantitative estimate of drug-likeness (QED) is 0.390. The van der Waals surface area contributed by atoms with Crippen LogP contribution in [0.25, 0.3) is 20.9 Å². The molecule has 0 aliphatic rings. The van der Waals surface area contributed by atoms with Crippen molar-refractivity contribution in [2.24, 2.45) is 0 Å². The van der Waals surface area contributed by atoms with Crippen LogP contribution in [0.4, 0.5) is 11.4 Å². The first-order valence-electron chi connectivity index (χ1n) is 8.02. The fourth-order valence-electron chi connectivity index (χ4n) is 2.55. The second-order valence-corrected chi connectivity index (χ2v) is 8.44. The molecule has 0 unspecified atom stereocenters. The van der Waals surface area contributed by atoms with Gasteiger partial charge in [0.25, 0.3) is 15.7 Å². The summed E-state index contributed by atoms with van der Waals surface area (Å²) in [5.41, 5.74) is 1.69. The summed E-state index contributed by atoms with van der Waals surface area (Å²) in [5.74, 6) is 0. The summed E-state index contributed by atoms with van der Waals surface area (Å²) in [6.45, 7) is 0. The third-order valence-corrected chi connectivity index (χ3v) is 6.30. The number of rotatable bonds is 5. The van der Waals surface area contributed by atoms with E-state index < -0.39 is 14.9 Å². The summed E-state index contributed by atoms with van der Waals surface area (Å²) in [6.07, 6.45) is 1.70. The minimum atomic E-state index is -3.94. The number of hydrogen-bond acceptors (Lipinski definition) is 7. The Morgan fingerprint density at radius 1 is 1.04 bits per heavy atom. The molecule has 0 radical (unpaired) electrons. The summed E-state index contributed by atoms with van der Waals surface area (Å²) >= 11 is 1.45. The molecule has 10 heteroatoms. The number of nitrogens with zero attached hydrogens (tertiary/aromatic N) is 3. The third kappa shape index (κ3) is 3.55. The van der Waals surface area contributed by atoms with Crippen molar-refractivity contribution in [1.82, 2.24) is 9.97 Å². The first kappa shape index (κ1) is 18.0. The molecule has 0 fully saturated rings. The molecule has 2 aromatic carbocycles. The van der Waals surface area contributed by atoms with Crippen LogP contribution in [-0.4, -0.2) is 23.3 Å². The number of non-ortho nitro benzene ring substituents is 1. The maximum absolute atomic E-state index is 12.5. The molecule has 8 nitrogen and oxygen atoms in total. The second kappa shape index (κ2) is 6.98. The normalized spacial score (nSPS) is 11.4. The van der Waals surface area contributed by atoms with E-state index in [1.54, 1.807) is 30.5 Å². The molecule has 0 saturated heterocycles. The summed E-state index contributed by atoms with van der Waals surface area (Å²) in [4.78, 5) is 19.6. The maximum Gasteiger partial charge on any atom is 0.270 e. The highest BCUT2D eigenvalue weighted by molar-refractivity contribution is 7.92. The van der Waals surface area contributed by atoms with E-state index in [1.807, 2.05) is 12.1 Å². The number of sulfonamides is 1. The first-order valence-corrected chi connectivity index (χ1v) is 10.3. The van der Waals surface area contributed by atoms with Crippen LogP contribution < -0.4 is 4.72 Å². The molecule has 0 amide bonds. The number of hydrogen-bond donors (Lipinski definition) is 1. The van der Waals surface area contributed by atoms with Crippen molar-refractivity contribution in [3.05, 3.63) is 77.0 Å². The van der Waals surface area contributed by atoms with Crippen LogP contribution in [0.2, 0.25) is 0 Å². The fraction of sp³-hybridized carbons (Fsp3) is 0. The summed E-state index contributed by atoms with van der Waals surface area (Å²) in [5, 5.41) is 11.6. The number of pyridine rings is 1. The number of nitrogens with one attached hydrogen (secondary N) is 1. The van der Waals surface area contributed by atoms with E-state index in [0.717, 1.165) is 27.0 Å². The molecule has 2 heterocycles. The molecule has 28 heavy (non-hydrogen) atoms. The van der Waals surface area contributed by atoms with Crippen LogP contribution in [0.5, 0.6) is 0 Å². The van der Waals surface area contributed by atoms with Gasteiger partial charge in [0.05, 0.1) is 9.82 Å². The van der Waals surface area contributed by atoms with E-state index in [1.165, 1.54) is 29.5 Å². The number of fused-ring (bicyclic) bond motifs is 1. The number of thiazole rings is 1. The molecule has 4 aromatic rings. The highest BCUT2D eigenvalue weighted by Gasteiger charge is 2.18. The molecule has 0 aliphatic heterocycles. The molecule has 1 N–H and O–H groups in total. The zero-order valence-corrected chi connectivity index (χ0v) is 15.8. The Labute approximate surface area is 163 Å². The molecule has 2 aromatic heterocycles. The van der Waals surface area contributed by atoms with Crippen molar-refractivity contribution >= 4 is 43.1 Å². The van der Waals surface area contributed by atoms with Gasteiger partial charge in [-0.1, -0.05) is 17.4 Å². The van der Waals surface area contributed by atoms with Crippen molar-refractivity contribution in [3.8, 4) is 10.6 Å². The Balaban J connectivity index is 1.58. The van der Waals surface area contributed by atoms with Crippen molar-refractivity contribution in [2.45, 2.75) is 4.90 Å². The topological polar surface area (TPSA) is 115 Å². The Hall–Kier alpha value is -3.37. The van der Waals surface area contributed by atoms with Gasteiger partial charge in [0.1, 0.15) is 15.4 Å². The van der Waals surface area contributed by atoms with E-state index >= 15 is 0 Å². The standard InChI is InChI=1S/C18H12N4O4S2/c23-22(24)14-3-1-4-15(11-14)28(25,26)21-13-8-6-12(7-9-13)17-20-16-5-2-10-19-18(16)27-17/h1-11,21H. The lowest BCUT2D eigenvalue weighted by molar-refractivity contribution is -0.385. The second-order valence-electron chi connectivity index (χ2n) is 5.78. The predicted octanol–water partition coefficient (Wildman–Crippen LogP) is 4.07. The highest BCUT2D eigenvalue weighted by atomic mass is 32.2. The molecule has 140 valence electrons. The van der Waals surface area contributed by atoms with E-state index in [0.29, 0.717) is 5.69 Å². The zero-order valence-electron chi connectivity index (χ0n) is 14.1. The van der Waals surface area contributed by atoms with E-state index in [-0.39, 0.29) is 10.6 Å². The highest BCUT2D eigenvalue weighted by Crippen LogP contribution is 2.30. The Morgan fingerprint density at radius 2 is 1.82 bits per heavy atom. The average Bonchev–Trinajstić information content (AvgIpc) is 3.12. The SMILES string of the molecule is O=[N+]([O-])c1cccc(S(=O)(=O)Nc2ccc(-c3nc4cccnc4s3)cc2)c1. The summed E-state index contributed by atoms with van der Waals surface area (Å²) < 4.78 is 27.4. The van der Waals surface area contributed by atoms with Gasteiger partial charge in [0.15, 0.2) is 0 Å². The molecule has 0 atom stereocenters. The van der Waals surface area contributed by atoms with Gasteiger partial charge >= 0.3 is 0 Å². The smallest absolute Gasteiger partial charge is 0.270 e. The molecular formula is C18H12N4O4S2. The molecule has 4 rings (SSSR count). The van der Waals surface area contributed by atoms with Gasteiger partial charge in [-0.2, -0.15) is 0 Å².